The van der Waals surface area contributed by atoms with E-state index in [4.69, 9.17) is 21.4 Å². The number of hydrogen-bond donors (Lipinski definition) is 1. The second-order valence-electron chi connectivity index (χ2n) is 4.12. The number of carbonyl (C=O) groups is 1. The molecular weight excluding hydrogens is 358 g/mol. The third kappa shape index (κ3) is 4.58. The smallest absolute Gasteiger partial charge is 0.328 e. The Kier molecular flexibility index (Phi) is 5.36. The molecule has 21 heavy (non-hydrogen) atoms. The molecule has 0 aliphatic carbocycles. The van der Waals surface area contributed by atoms with Gasteiger partial charge in [0.25, 0.3) is 0 Å². The number of hydrogen-bond acceptors (Lipinski definition) is 3. The van der Waals surface area contributed by atoms with Gasteiger partial charge in [-0.1, -0.05) is 17.7 Å². The standard InChI is InChI=1S/C15H11BrClNO3/c16-12-7-10(2-4-15(19)20)1-3-14(12)21-9-11-5-6-18-8-13(11)17/h1-8H,9H2,(H,19,20). The van der Waals surface area contributed by atoms with Gasteiger partial charge in [-0.15, -0.1) is 0 Å². The topological polar surface area (TPSA) is 59.4 Å². The van der Waals surface area contributed by atoms with Crippen molar-refractivity contribution in [3.05, 3.63) is 63.4 Å². The van der Waals surface area contributed by atoms with Gasteiger partial charge in [-0.3, -0.25) is 4.98 Å². The molecule has 1 aromatic carbocycles. The minimum Gasteiger partial charge on any atom is -0.488 e. The summed E-state index contributed by atoms with van der Waals surface area (Å²) in [5.74, 6) is -0.339. The number of benzene rings is 1. The van der Waals surface area contributed by atoms with E-state index in [1.165, 1.54) is 6.08 Å². The van der Waals surface area contributed by atoms with Crippen molar-refractivity contribution in [3.8, 4) is 5.75 Å². The lowest BCUT2D eigenvalue weighted by Crippen LogP contribution is -1.97. The molecule has 0 saturated carbocycles. The van der Waals surface area contributed by atoms with Crippen LogP contribution in [0.1, 0.15) is 11.1 Å². The summed E-state index contributed by atoms with van der Waals surface area (Å²) in [4.78, 5) is 14.4. The Balaban J connectivity index is 2.08. The summed E-state index contributed by atoms with van der Waals surface area (Å²) in [6.07, 6.45) is 5.81. The van der Waals surface area contributed by atoms with E-state index < -0.39 is 5.97 Å². The van der Waals surface area contributed by atoms with Gasteiger partial charge in [0, 0.05) is 24.0 Å². The second-order valence-corrected chi connectivity index (χ2v) is 5.38. The number of ether oxygens (including phenoxy) is 1. The molecule has 108 valence electrons. The first-order valence-electron chi connectivity index (χ1n) is 5.98. The number of nitrogens with zero attached hydrogens (tertiary/aromatic N) is 1. The van der Waals surface area contributed by atoms with Crippen LogP contribution in [0.2, 0.25) is 5.02 Å². The van der Waals surface area contributed by atoms with Crippen molar-refractivity contribution in [2.75, 3.05) is 0 Å². The molecule has 2 rings (SSSR count). The molecule has 0 aliphatic heterocycles. The predicted molar refractivity (Wildman–Crippen MR) is 84.4 cm³/mol. The first-order valence-corrected chi connectivity index (χ1v) is 7.15. The van der Waals surface area contributed by atoms with Crippen molar-refractivity contribution >= 4 is 39.6 Å². The van der Waals surface area contributed by atoms with Crippen molar-refractivity contribution in [2.24, 2.45) is 0 Å². The molecule has 0 bridgehead atoms. The minimum absolute atomic E-state index is 0.324. The Labute approximate surface area is 135 Å². The molecular formula is C15H11BrClNO3. The fourth-order valence-corrected chi connectivity index (χ4v) is 2.27. The summed E-state index contributed by atoms with van der Waals surface area (Å²) in [6, 6.07) is 7.11. The van der Waals surface area contributed by atoms with Crippen LogP contribution in [0.5, 0.6) is 5.75 Å². The van der Waals surface area contributed by atoms with Crippen molar-refractivity contribution in [1.29, 1.82) is 0 Å². The molecule has 2 aromatic rings. The number of carboxylic acid groups (broad SMARTS) is 1. The molecule has 0 aliphatic rings. The van der Waals surface area contributed by atoms with Crippen LogP contribution in [0.25, 0.3) is 6.08 Å². The normalized spacial score (nSPS) is 10.8. The fraction of sp³-hybridized carbons (Fsp3) is 0.0667. The molecule has 1 heterocycles. The van der Waals surface area contributed by atoms with Crippen LogP contribution >= 0.6 is 27.5 Å². The lowest BCUT2D eigenvalue weighted by Gasteiger charge is -2.09. The van der Waals surface area contributed by atoms with Crippen molar-refractivity contribution in [2.45, 2.75) is 6.61 Å². The first-order chi connectivity index (χ1) is 10.1. The maximum Gasteiger partial charge on any atom is 0.328 e. The zero-order chi connectivity index (χ0) is 15.2. The molecule has 0 spiro atoms. The number of aliphatic carboxylic acids is 1. The predicted octanol–water partition coefficient (Wildman–Crippen LogP) is 4.17. The quantitative estimate of drug-likeness (QED) is 0.805. The van der Waals surface area contributed by atoms with Gasteiger partial charge < -0.3 is 9.84 Å². The summed E-state index contributed by atoms with van der Waals surface area (Å²) in [7, 11) is 0. The zero-order valence-electron chi connectivity index (χ0n) is 10.8. The number of halogens is 2. The Morgan fingerprint density at radius 3 is 2.90 bits per heavy atom. The third-order valence-electron chi connectivity index (χ3n) is 2.61. The van der Waals surface area contributed by atoms with Crippen LogP contribution in [0.3, 0.4) is 0 Å². The molecule has 0 amide bonds. The van der Waals surface area contributed by atoms with Crippen LogP contribution in [0.15, 0.2) is 47.2 Å². The van der Waals surface area contributed by atoms with Gasteiger partial charge in [0.1, 0.15) is 12.4 Å². The van der Waals surface area contributed by atoms with E-state index in [1.54, 1.807) is 36.7 Å². The molecule has 0 fully saturated rings. The van der Waals surface area contributed by atoms with E-state index in [9.17, 15) is 4.79 Å². The van der Waals surface area contributed by atoms with E-state index in [0.717, 1.165) is 21.7 Å². The molecule has 4 nitrogen and oxygen atoms in total. The Hall–Kier alpha value is -1.85. The summed E-state index contributed by atoms with van der Waals surface area (Å²) < 4.78 is 6.42. The van der Waals surface area contributed by atoms with E-state index in [1.807, 2.05) is 0 Å². The maximum atomic E-state index is 10.5. The average Bonchev–Trinajstić information content (AvgIpc) is 2.45. The fourth-order valence-electron chi connectivity index (χ4n) is 1.58. The highest BCUT2D eigenvalue weighted by Crippen LogP contribution is 2.28. The number of aromatic nitrogens is 1. The van der Waals surface area contributed by atoms with Gasteiger partial charge in [0.05, 0.1) is 9.50 Å². The van der Waals surface area contributed by atoms with Crippen molar-refractivity contribution in [3.63, 3.8) is 0 Å². The summed E-state index contributed by atoms with van der Waals surface area (Å²) in [6.45, 7) is 0.324. The molecule has 0 radical (unpaired) electrons. The van der Waals surface area contributed by atoms with Crippen molar-refractivity contribution < 1.29 is 14.6 Å². The highest BCUT2D eigenvalue weighted by molar-refractivity contribution is 9.10. The van der Waals surface area contributed by atoms with Gasteiger partial charge in [-0.2, -0.15) is 0 Å². The molecule has 0 atom stereocenters. The second kappa shape index (κ2) is 7.24. The van der Waals surface area contributed by atoms with Crippen LogP contribution < -0.4 is 4.74 Å². The lowest BCUT2D eigenvalue weighted by molar-refractivity contribution is -0.131. The summed E-state index contributed by atoms with van der Waals surface area (Å²) >= 11 is 9.40. The molecule has 6 heteroatoms. The van der Waals surface area contributed by atoms with E-state index in [-0.39, 0.29) is 0 Å². The van der Waals surface area contributed by atoms with Crippen LogP contribution in [0, 0.1) is 0 Å². The summed E-state index contributed by atoms with van der Waals surface area (Å²) in [5.41, 5.74) is 1.60. The van der Waals surface area contributed by atoms with Crippen LogP contribution in [-0.4, -0.2) is 16.1 Å². The van der Waals surface area contributed by atoms with Crippen molar-refractivity contribution in [1.82, 2.24) is 4.98 Å². The largest absolute Gasteiger partial charge is 0.488 e. The Morgan fingerprint density at radius 1 is 1.43 bits per heavy atom. The van der Waals surface area contributed by atoms with Crippen LogP contribution in [-0.2, 0) is 11.4 Å². The van der Waals surface area contributed by atoms with E-state index in [0.29, 0.717) is 17.4 Å². The molecule has 0 unspecified atom stereocenters. The van der Waals surface area contributed by atoms with E-state index in [2.05, 4.69) is 20.9 Å². The number of carboxylic acids is 1. The van der Waals surface area contributed by atoms with Gasteiger partial charge in [0.15, 0.2) is 0 Å². The van der Waals surface area contributed by atoms with E-state index >= 15 is 0 Å². The highest BCUT2D eigenvalue weighted by Gasteiger charge is 2.05. The Morgan fingerprint density at radius 2 is 2.24 bits per heavy atom. The maximum absolute atomic E-state index is 10.5. The summed E-state index contributed by atoms with van der Waals surface area (Å²) in [5, 5.41) is 9.14. The highest BCUT2D eigenvalue weighted by atomic mass is 79.9. The number of pyridine rings is 1. The van der Waals surface area contributed by atoms with Crippen LogP contribution in [0.4, 0.5) is 0 Å². The molecule has 1 aromatic heterocycles. The molecule has 0 saturated heterocycles. The lowest BCUT2D eigenvalue weighted by atomic mass is 10.2. The minimum atomic E-state index is -0.987. The van der Waals surface area contributed by atoms with Gasteiger partial charge >= 0.3 is 5.97 Å². The molecule has 1 N–H and O–H groups in total. The average molecular weight is 369 g/mol. The third-order valence-corrected chi connectivity index (χ3v) is 3.57. The Bertz CT molecular complexity index is 688. The first kappa shape index (κ1) is 15.5. The van der Waals surface area contributed by atoms with Gasteiger partial charge in [0.2, 0.25) is 0 Å². The van der Waals surface area contributed by atoms with Gasteiger partial charge in [-0.05, 0) is 45.8 Å². The zero-order valence-corrected chi connectivity index (χ0v) is 13.1. The number of rotatable bonds is 5. The SMILES string of the molecule is O=C(O)C=Cc1ccc(OCc2ccncc2Cl)c(Br)c1. The van der Waals surface area contributed by atoms with Gasteiger partial charge in [-0.25, -0.2) is 4.79 Å². The monoisotopic (exact) mass is 367 g/mol.